The van der Waals surface area contributed by atoms with Gasteiger partial charge in [-0.25, -0.2) is 0 Å². The number of aliphatic hydroxyl groups is 1. The predicted molar refractivity (Wildman–Crippen MR) is 103 cm³/mol. The number of nitro benzene ring substituents is 1. The fraction of sp³-hybridized carbons (Fsp3) is 0.238. The largest absolute Gasteiger partial charge is 0.507 e. The number of hydrogen-bond acceptors (Lipinski definition) is 5. The van der Waals surface area contributed by atoms with Crippen molar-refractivity contribution in [3.8, 4) is 0 Å². The maximum absolute atomic E-state index is 12.7. The Kier molecular flexibility index (Phi) is 5.54. The lowest BCUT2D eigenvalue weighted by Gasteiger charge is -2.25. The van der Waals surface area contributed by atoms with E-state index in [1.165, 1.54) is 29.2 Å². The molecule has 7 nitrogen and oxygen atoms in total. The first-order valence-electron chi connectivity index (χ1n) is 9.04. The van der Waals surface area contributed by atoms with Gasteiger partial charge < -0.3 is 10.0 Å². The fourth-order valence-corrected chi connectivity index (χ4v) is 3.32. The average molecular weight is 380 g/mol. The molecule has 0 spiro atoms. The molecule has 144 valence electrons. The van der Waals surface area contributed by atoms with E-state index in [1.807, 2.05) is 13.0 Å². The van der Waals surface area contributed by atoms with Crippen LogP contribution in [0.2, 0.25) is 0 Å². The Balaban J connectivity index is 2.11. The van der Waals surface area contributed by atoms with E-state index in [-0.39, 0.29) is 22.6 Å². The summed E-state index contributed by atoms with van der Waals surface area (Å²) >= 11 is 0. The highest BCUT2D eigenvalue weighted by molar-refractivity contribution is 6.46. The van der Waals surface area contributed by atoms with E-state index in [1.54, 1.807) is 24.3 Å². The van der Waals surface area contributed by atoms with E-state index < -0.39 is 22.7 Å². The lowest BCUT2D eigenvalue weighted by Crippen LogP contribution is -2.30. The number of carbonyl (C=O) groups is 2. The molecule has 0 radical (unpaired) electrons. The second-order valence-corrected chi connectivity index (χ2v) is 6.56. The summed E-state index contributed by atoms with van der Waals surface area (Å²) in [6, 6.07) is 13.6. The van der Waals surface area contributed by atoms with Crippen molar-refractivity contribution in [1.82, 2.24) is 4.90 Å². The fourth-order valence-electron chi connectivity index (χ4n) is 3.32. The molecular formula is C21H20N2O5. The molecule has 1 aliphatic heterocycles. The summed E-state index contributed by atoms with van der Waals surface area (Å²) in [5.74, 6) is -1.73. The minimum Gasteiger partial charge on any atom is -0.507 e. The molecule has 7 heteroatoms. The summed E-state index contributed by atoms with van der Waals surface area (Å²) < 4.78 is 0. The van der Waals surface area contributed by atoms with Crippen LogP contribution in [0.15, 0.2) is 60.2 Å². The second kappa shape index (κ2) is 8.04. The van der Waals surface area contributed by atoms with Crippen LogP contribution in [-0.4, -0.2) is 33.2 Å². The third kappa shape index (κ3) is 3.51. The van der Waals surface area contributed by atoms with Gasteiger partial charge in [-0.2, -0.15) is 0 Å². The van der Waals surface area contributed by atoms with Crippen molar-refractivity contribution in [3.63, 3.8) is 0 Å². The third-order valence-corrected chi connectivity index (χ3v) is 4.76. The van der Waals surface area contributed by atoms with E-state index in [9.17, 15) is 24.8 Å². The number of rotatable bonds is 6. The van der Waals surface area contributed by atoms with Crippen molar-refractivity contribution in [1.29, 1.82) is 0 Å². The predicted octanol–water partition coefficient (Wildman–Crippen LogP) is 3.82. The number of aliphatic hydroxyl groups excluding tert-OH is 1. The zero-order valence-electron chi connectivity index (χ0n) is 15.4. The molecule has 1 atom stereocenters. The van der Waals surface area contributed by atoms with Gasteiger partial charge in [0.1, 0.15) is 5.76 Å². The van der Waals surface area contributed by atoms with Crippen LogP contribution in [0, 0.1) is 10.1 Å². The Morgan fingerprint density at radius 1 is 1.11 bits per heavy atom. The summed E-state index contributed by atoms with van der Waals surface area (Å²) in [4.78, 5) is 37.1. The molecular weight excluding hydrogens is 360 g/mol. The van der Waals surface area contributed by atoms with Gasteiger partial charge in [-0.05, 0) is 24.1 Å². The number of likely N-dealkylation sites (tertiary alicyclic amines) is 1. The van der Waals surface area contributed by atoms with Gasteiger partial charge in [-0.3, -0.25) is 19.7 Å². The summed E-state index contributed by atoms with van der Waals surface area (Å²) in [5.41, 5.74) is 0.849. The van der Waals surface area contributed by atoms with Crippen LogP contribution in [0.25, 0.3) is 5.76 Å². The second-order valence-electron chi connectivity index (χ2n) is 6.56. The summed E-state index contributed by atoms with van der Waals surface area (Å²) in [7, 11) is 0. The van der Waals surface area contributed by atoms with Gasteiger partial charge >= 0.3 is 0 Å². The van der Waals surface area contributed by atoms with Crippen LogP contribution in [0.4, 0.5) is 5.69 Å². The highest BCUT2D eigenvalue weighted by atomic mass is 16.6. The van der Waals surface area contributed by atoms with Crippen molar-refractivity contribution in [2.75, 3.05) is 6.54 Å². The van der Waals surface area contributed by atoms with Gasteiger partial charge in [0.2, 0.25) is 0 Å². The maximum Gasteiger partial charge on any atom is 0.295 e. The number of carbonyl (C=O) groups excluding carboxylic acids is 2. The van der Waals surface area contributed by atoms with Crippen LogP contribution in [0.1, 0.15) is 36.9 Å². The monoisotopic (exact) mass is 380 g/mol. The SMILES string of the molecule is CCCCN1C(=O)C(=O)C(=C(O)c2ccc([N+](=O)[O-])cc2)C1c1ccccc1. The van der Waals surface area contributed by atoms with Crippen molar-refractivity contribution in [3.05, 3.63) is 81.4 Å². The van der Waals surface area contributed by atoms with Gasteiger partial charge in [0, 0.05) is 24.2 Å². The third-order valence-electron chi connectivity index (χ3n) is 4.76. The number of nitro groups is 1. The average Bonchev–Trinajstić information content (AvgIpc) is 2.97. The summed E-state index contributed by atoms with van der Waals surface area (Å²) in [5, 5.41) is 21.7. The van der Waals surface area contributed by atoms with Gasteiger partial charge in [-0.15, -0.1) is 0 Å². The Labute approximate surface area is 162 Å². The van der Waals surface area contributed by atoms with E-state index in [0.29, 0.717) is 6.54 Å². The lowest BCUT2D eigenvalue weighted by molar-refractivity contribution is -0.384. The molecule has 3 rings (SSSR count). The van der Waals surface area contributed by atoms with Crippen molar-refractivity contribution in [2.24, 2.45) is 0 Å². The van der Waals surface area contributed by atoms with E-state index in [2.05, 4.69) is 0 Å². The normalized spacial score (nSPS) is 18.5. The van der Waals surface area contributed by atoms with E-state index in [0.717, 1.165) is 18.4 Å². The maximum atomic E-state index is 12.7. The zero-order valence-corrected chi connectivity index (χ0v) is 15.4. The van der Waals surface area contributed by atoms with Crippen molar-refractivity contribution < 1.29 is 19.6 Å². The molecule has 1 saturated heterocycles. The first kappa shape index (κ1) is 19.3. The molecule has 1 heterocycles. The molecule has 1 fully saturated rings. The van der Waals surface area contributed by atoms with E-state index in [4.69, 9.17) is 0 Å². The van der Waals surface area contributed by atoms with Crippen LogP contribution >= 0.6 is 0 Å². The first-order chi connectivity index (χ1) is 13.5. The van der Waals surface area contributed by atoms with Gasteiger partial charge in [-0.1, -0.05) is 43.7 Å². The number of nitrogens with zero attached hydrogens (tertiary/aromatic N) is 2. The Bertz CT molecular complexity index is 935. The Morgan fingerprint density at radius 3 is 2.32 bits per heavy atom. The topological polar surface area (TPSA) is 101 Å². The van der Waals surface area contributed by atoms with Crippen LogP contribution in [0.5, 0.6) is 0 Å². The molecule has 1 unspecified atom stereocenters. The first-order valence-corrected chi connectivity index (χ1v) is 9.04. The number of Topliss-reactive ketones (excluding diaryl/α,β-unsaturated/α-hetero) is 1. The standard InChI is InChI=1S/C21H20N2O5/c1-2-3-13-22-18(14-7-5-4-6-8-14)17(20(25)21(22)26)19(24)15-9-11-16(12-10-15)23(27)28/h4-12,18,24H,2-3,13H2,1H3. The number of ketones is 1. The molecule has 0 aliphatic carbocycles. The molecule has 2 aromatic rings. The number of unbranched alkanes of at least 4 members (excludes halogenated alkanes) is 1. The van der Waals surface area contributed by atoms with Crippen molar-refractivity contribution in [2.45, 2.75) is 25.8 Å². The Morgan fingerprint density at radius 2 is 1.75 bits per heavy atom. The molecule has 0 aromatic heterocycles. The molecule has 1 N–H and O–H groups in total. The van der Waals surface area contributed by atoms with Crippen LogP contribution < -0.4 is 0 Å². The number of benzene rings is 2. The molecule has 28 heavy (non-hydrogen) atoms. The minimum atomic E-state index is -0.749. The number of non-ortho nitro benzene ring substituents is 1. The summed E-state index contributed by atoms with van der Waals surface area (Å²) in [6.07, 6.45) is 1.58. The lowest BCUT2D eigenvalue weighted by atomic mass is 9.95. The van der Waals surface area contributed by atoms with Gasteiger partial charge in [0.05, 0.1) is 16.5 Å². The van der Waals surface area contributed by atoms with Gasteiger partial charge in [0.15, 0.2) is 0 Å². The number of hydrogen-bond donors (Lipinski definition) is 1. The van der Waals surface area contributed by atoms with Gasteiger partial charge in [0.25, 0.3) is 17.4 Å². The molecule has 2 aromatic carbocycles. The molecule has 0 saturated carbocycles. The van der Waals surface area contributed by atoms with E-state index >= 15 is 0 Å². The quantitative estimate of drug-likeness (QED) is 0.270. The Hall–Kier alpha value is -3.48. The minimum absolute atomic E-state index is 0.00107. The zero-order chi connectivity index (χ0) is 20.3. The highest BCUT2D eigenvalue weighted by Gasteiger charge is 2.45. The van der Waals surface area contributed by atoms with Crippen molar-refractivity contribution >= 4 is 23.1 Å². The van der Waals surface area contributed by atoms with Crippen LogP contribution in [-0.2, 0) is 9.59 Å². The molecule has 0 bridgehead atoms. The smallest absolute Gasteiger partial charge is 0.295 e. The number of amides is 1. The molecule has 1 amide bonds. The highest BCUT2D eigenvalue weighted by Crippen LogP contribution is 2.39. The molecule has 1 aliphatic rings. The summed E-state index contributed by atoms with van der Waals surface area (Å²) in [6.45, 7) is 2.39. The van der Waals surface area contributed by atoms with Crippen LogP contribution in [0.3, 0.4) is 0 Å².